The third-order valence-electron chi connectivity index (χ3n) is 2.91. The van der Waals surface area contributed by atoms with Crippen molar-refractivity contribution in [2.75, 3.05) is 50.3 Å². The molecule has 6 heteroatoms. The number of nitrogens with two attached hydrogens (primary N) is 1. The number of hydrogen-bond donors (Lipinski definition) is 2. The van der Waals surface area contributed by atoms with Gasteiger partial charge in [0, 0.05) is 24.8 Å². The molecule has 21 heavy (non-hydrogen) atoms. The topological polar surface area (TPSA) is 67.6 Å². The Kier molecular flexibility index (Phi) is 8.00. The van der Waals surface area contributed by atoms with Crippen LogP contribution in [0.3, 0.4) is 0 Å². The quantitative estimate of drug-likeness (QED) is 0.541. The number of amides is 1. The van der Waals surface area contributed by atoms with Gasteiger partial charge in [-0.05, 0) is 38.4 Å². The highest BCUT2D eigenvalue weighted by Gasteiger charge is 2.06. The van der Waals surface area contributed by atoms with Crippen molar-refractivity contribution < 1.29 is 9.53 Å². The number of hydrogen-bond acceptors (Lipinski definition) is 5. The second-order valence-corrected chi connectivity index (χ2v) is 6.25. The molecule has 0 heterocycles. The van der Waals surface area contributed by atoms with E-state index in [9.17, 15) is 4.79 Å². The van der Waals surface area contributed by atoms with Gasteiger partial charge in [-0.2, -0.15) is 11.8 Å². The third kappa shape index (κ3) is 7.24. The number of anilines is 2. The number of carbonyl (C=O) groups is 1. The summed E-state index contributed by atoms with van der Waals surface area (Å²) in [4.78, 5) is 14.0. The number of carbonyl (C=O) groups excluding carboxylic acids is 1. The fraction of sp³-hybridized carbons (Fsp3) is 0.533. The van der Waals surface area contributed by atoms with Gasteiger partial charge in [-0.3, -0.25) is 4.79 Å². The first-order chi connectivity index (χ1) is 10.0. The van der Waals surface area contributed by atoms with Gasteiger partial charge in [-0.25, -0.2) is 0 Å². The summed E-state index contributed by atoms with van der Waals surface area (Å²) in [5, 5.41) is 2.83. The average Bonchev–Trinajstić information content (AvgIpc) is 2.44. The number of benzene rings is 1. The highest BCUT2D eigenvalue weighted by Crippen LogP contribution is 2.24. The van der Waals surface area contributed by atoms with Gasteiger partial charge in [0.1, 0.15) is 5.75 Å². The predicted octanol–water partition coefficient (Wildman–Crippen LogP) is 2.29. The van der Waals surface area contributed by atoms with Gasteiger partial charge in [-0.15, -0.1) is 0 Å². The van der Waals surface area contributed by atoms with Gasteiger partial charge in [0.15, 0.2) is 0 Å². The van der Waals surface area contributed by atoms with Gasteiger partial charge < -0.3 is 20.7 Å². The van der Waals surface area contributed by atoms with E-state index in [1.807, 2.05) is 11.8 Å². The van der Waals surface area contributed by atoms with Crippen LogP contribution in [0.2, 0.25) is 0 Å². The first kappa shape index (κ1) is 17.7. The zero-order chi connectivity index (χ0) is 15.7. The lowest BCUT2D eigenvalue weighted by atomic mass is 10.2. The van der Waals surface area contributed by atoms with Crippen LogP contribution in [0.15, 0.2) is 18.2 Å². The third-order valence-corrected chi connectivity index (χ3v) is 3.96. The van der Waals surface area contributed by atoms with Crippen molar-refractivity contribution >= 4 is 29.0 Å². The standard InChI is InChI=1S/C15H25N3O2S/c1-18(2)8-10-21-9-4-5-15(19)17-14-7-6-12(20-3)11-13(14)16/h6-7,11H,4-5,8-10,16H2,1-3H3,(H,17,19). The van der Waals surface area contributed by atoms with Crippen LogP contribution in [0.1, 0.15) is 12.8 Å². The minimum Gasteiger partial charge on any atom is -0.497 e. The molecule has 0 spiro atoms. The molecule has 0 atom stereocenters. The Labute approximate surface area is 131 Å². The van der Waals surface area contributed by atoms with Gasteiger partial charge in [-0.1, -0.05) is 0 Å². The number of nitrogens with zero attached hydrogens (tertiary/aromatic N) is 1. The molecule has 0 saturated heterocycles. The molecule has 0 fully saturated rings. The maximum absolute atomic E-state index is 11.8. The zero-order valence-corrected chi connectivity index (χ0v) is 13.8. The van der Waals surface area contributed by atoms with Gasteiger partial charge in [0.05, 0.1) is 18.5 Å². The van der Waals surface area contributed by atoms with E-state index in [1.54, 1.807) is 25.3 Å². The Balaban J connectivity index is 2.24. The van der Waals surface area contributed by atoms with Crippen LogP contribution in [0.25, 0.3) is 0 Å². The molecule has 0 aliphatic rings. The number of methoxy groups -OCH3 is 1. The van der Waals surface area contributed by atoms with E-state index >= 15 is 0 Å². The Morgan fingerprint density at radius 2 is 2.14 bits per heavy atom. The average molecular weight is 311 g/mol. The molecule has 5 nitrogen and oxygen atoms in total. The fourth-order valence-electron chi connectivity index (χ4n) is 1.68. The highest BCUT2D eigenvalue weighted by molar-refractivity contribution is 7.99. The fourth-order valence-corrected chi connectivity index (χ4v) is 2.73. The Hall–Kier alpha value is -1.40. The second-order valence-electron chi connectivity index (χ2n) is 5.02. The number of ether oxygens (including phenoxy) is 1. The highest BCUT2D eigenvalue weighted by atomic mass is 32.2. The number of thioether (sulfide) groups is 1. The Bertz CT molecular complexity index is 453. The van der Waals surface area contributed by atoms with E-state index in [-0.39, 0.29) is 5.91 Å². The van der Waals surface area contributed by atoms with E-state index in [0.29, 0.717) is 23.5 Å². The molecule has 0 aliphatic heterocycles. The van der Waals surface area contributed by atoms with E-state index in [2.05, 4.69) is 24.3 Å². The summed E-state index contributed by atoms with van der Waals surface area (Å²) >= 11 is 1.88. The molecule has 1 aromatic carbocycles. The van der Waals surface area contributed by atoms with Crippen molar-refractivity contribution in [1.82, 2.24) is 4.90 Å². The smallest absolute Gasteiger partial charge is 0.224 e. The second kappa shape index (κ2) is 9.52. The van der Waals surface area contributed by atoms with E-state index < -0.39 is 0 Å². The molecule has 3 N–H and O–H groups in total. The van der Waals surface area contributed by atoms with E-state index in [1.165, 1.54) is 0 Å². The van der Waals surface area contributed by atoms with Crippen LogP contribution in [-0.4, -0.2) is 50.1 Å². The Morgan fingerprint density at radius 3 is 2.76 bits per heavy atom. The molecule has 0 aliphatic carbocycles. The summed E-state index contributed by atoms with van der Waals surface area (Å²) in [5.41, 5.74) is 7.02. The molecule has 1 aromatic rings. The monoisotopic (exact) mass is 311 g/mol. The number of rotatable bonds is 9. The van der Waals surface area contributed by atoms with Crippen LogP contribution in [-0.2, 0) is 4.79 Å². The molecule has 0 saturated carbocycles. The van der Waals surface area contributed by atoms with Crippen molar-refractivity contribution in [1.29, 1.82) is 0 Å². The lowest BCUT2D eigenvalue weighted by Crippen LogP contribution is -2.15. The predicted molar refractivity (Wildman–Crippen MR) is 91.1 cm³/mol. The van der Waals surface area contributed by atoms with Crippen molar-refractivity contribution in [2.45, 2.75) is 12.8 Å². The lowest BCUT2D eigenvalue weighted by Gasteiger charge is -2.10. The molecule has 0 aromatic heterocycles. The minimum atomic E-state index is 0.0000708. The number of nitrogens with one attached hydrogen (secondary N) is 1. The van der Waals surface area contributed by atoms with Crippen LogP contribution < -0.4 is 15.8 Å². The first-order valence-corrected chi connectivity index (χ1v) is 8.14. The largest absolute Gasteiger partial charge is 0.497 e. The summed E-state index contributed by atoms with van der Waals surface area (Å²) < 4.78 is 5.08. The van der Waals surface area contributed by atoms with Crippen LogP contribution in [0.4, 0.5) is 11.4 Å². The van der Waals surface area contributed by atoms with Gasteiger partial charge >= 0.3 is 0 Å². The summed E-state index contributed by atoms with van der Waals surface area (Å²) in [7, 11) is 5.71. The van der Waals surface area contributed by atoms with Crippen molar-refractivity contribution in [3.63, 3.8) is 0 Å². The van der Waals surface area contributed by atoms with Crippen molar-refractivity contribution in [2.24, 2.45) is 0 Å². The Morgan fingerprint density at radius 1 is 1.38 bits per heavy atom. The summed E-state index contributed by atoms with van der Waals surface area (Å²) in [6, 6.07) is 5.24. The molecule has 118 valence electrons. The molecule has 0 unspecified atom stereocenters. The minimum absolute atomic E-state index is 0.0000708. The van der Waals surface area contributed by atoms with Crippen molar-refractivity contribution in [3.8, 4) is 5.75 Å². The maximum Gasteiger partial charge on any atom is 0.224 e. The van der Waals surface area contributed by atoms with E-state index in [4.69, 9.17) is 10.5 Å². The normalized spacial score (nSPS) is 10.7. The van der Waals surface area contributed by atoms with Crippen LogP contribution in [0.5, 0.6) is 5.75 Å². The lowest BCUT2D eigenvalue weighted by molar-refractivity contribution is -0.116. The molecule has 0 radical (unpaired) electrons. The van der Waals surface area contributed by atoms with E-state index in [0.717, 1.165) is 24.5 Å². The number of nitrogen functional groups attached to an aromatic ring is 1. The molecular formula is C15H25N3O2S. The first-order valence-electron chi connectivity index (χ1n) is 6.98. The summed E-state index contributed by atoms with van der Waals surface area (Å²) in [5.74, 6) is 2.78. The summed E-state index contributed by atoms with van der Waals surface area (Å²) in [6.07, 6.45) is 1.39. The van der Waals surface area contributed by atoms with Crippen LogP contribution in [0, 0.1) is 0 Å². The molecule has 1 rings (SSSR count). The zero-order valence-electron chi connectivity index (χ0n) is 13.0. The van der Waals surface area contributed by atoms with Crippen molar-refractivity contribution in [3.05, 3.63) is 18.2 Å². The maximum atomic E-state index is 11.8. The molecule has 0 bridgehead atoms. The van der Waals surface area contributed by atoms with Gasteiger partial charge in [0.2, 0.25) is 5.91 Å². The molecule has 1 amide bonds. The van der Waals surface area contributed by atoms with Crippen LogP contribution >= 0.6 is 11.8 Å². The SMILES string of the molecule is COc1ccc(NC(=O)CCCSCCN(C)C)c(N)c1. The van der Waals surface area contributed by atoms with Gasteiger partial charge in [0.25, 0.3) is 0 Å². The summed E-state index contributed by atoms with van der Waals surface area (Å²) in [6.45, 7) is 1.07. The molecular weight excluding hydrogens is 286 g/mol.